The van der Waals surface area contributed by atoms with Gasteiger partial charge in [0, 0.05) is 19.2 Å². The van der Waals surface area contributed by atoms with Crippen LogP contribution in [0, 0.1) is 0 Å². The van der Waals surface area contributed by atoms with Crippen LogP contribution in [0.2, 0.25) is 0 Å². The Hall–Kier alpha value is -4.92. The van der Waals surface area contributed by atoms with Gasteiger partial charge in [0.15, 0.2) is 11.3 Å². The molecule has 1 amide bonds. The highest BCUT2D eigenvalue weighted by Crippen LogP contribution is 2.39. The maximum Gasteiger partial charge on any atom is 0.297 e. The van der Waals surface area contributed by atoms with Gasteiger partial charge in [0.25, 0.3) is 11.4 Å². The summed E-state index contributed by atoms with van der Waals surface area (Å²) in [5.74, 6) is -0.583. The van der Waals surface area contributed by atoms with Gasteiger partial charge in [0.1, 0.15) is 5.52 Å². The summed E-state index contributed by atoms with van der Waals surface area (Å²) < 4.78 is 7.16. The second-order valence-electron chi connectivity index (χ2n) is 8.99. The summed E-state index contributed by atoms with van der Waals surface area (Å²) in [5, 5.41) is 10.7. The van der Waals surface area contributed by atoms with Crippen LogP contribution in [0.5, 0.6) is 5.75 Å². The van der Waals surface area contributed by atoms with Gasteiger partial charge in [-0.1, -0.05) is 48.5 Å². The van der Waals surface area contributed by atoms with Crippen molar-refractivity contribution in [3.63, 3.8) is 0 Å². The van der Waals surface area contributed by atoms with Crippen LogP contribution in [0.1, 0.15) is 33.1 Å². The lowest BCUT2D eigenvalue weighted by atomic mass is 9.87. The van der Waals surface area contributed by atoms with E-state index in [0.29, 0.717) is 35.6 Å². The lowest BCUT2D eigenvalue weighted by Crippen LogP contribution is -2.40. The number of primary amides is 1. The number of aromatic nitrogens is 3. The summed E-state index contributed by atoms with van der Waals surface area (Å²) >= 11 is 0. The van der Waals surface area contributed by atoms with Crippen LogP contribution in [-0.2, 0) is 13.5 Å². The quantitative estimate of drug-likeness (QED) is 0.392. The first-order valence-corrected chi connectivity index (χ1v) is 11.8. The number of benzene rings is 3. The van der Waals surface area contributed by atoms with Crippen LogP contribution in [0.15, 0.2) is 82.0 Å². The fourth-order valence-electron chi connectivity index (χ4n) is 4.95. The molecule has 0 bridgehead atoms. The van der Waals surface area contributed by atoms with Gasteiger partial charge in [0.2, 0.25) is 17.6 Å². The van der Waals surface area contributed by atoms with E-state index in [1.54, 1.807) is 25.2 Å². The molecule has 0 saturated carbocycles. The SMILES string of the molecule is Cn1c(N2CCc3cc(C(N)=O)ccc3[C@@H]2c2ccccc2)nc(-c2nc3ccccc3o2)c(O)c1=O. The first kappa shape index (κ1) is 22.5. The highest BCUT2D eigenvalue weighted by atomic mass is 16.4. The largest absolute Gasteiger partial charge is 0.501 e. The number of hydrogen-bond donors (Lipinski definition) is 2. The minimum Gasteiger partial charge on any atom is -0.501 e. The molecule has 0 saturated heterocycles. The van der Waals surface area contributed by atoms with E-state index in [0.717, 1.165) is 16.7 Å². The summed E-state index contributed by atoms with van der Waals surface area (Å²) in [6.45, 7) is 0.507. The summed E-state index contributed by atoms with van der Waals surface area (Å²) in [5.41, 5.74) is 9.45. The Kier molecular flexibility index (Phi) is 5.26. The third-order valence-corrected chi connectivity index (χ3v) is 6.77. The van der Waals surface area contributed by atoms with E-state index in [2.05, 4.69) is 4.98 Å². The molecule has 1 aliphatic rings. The number of carbonyl (C=O) groups is 1. The lowest BCUT2D eigenvalue weighted by molar-refractivity contribution is 0.1000. The molecular formula is C28H23N5O4. The Morgan fingerprint density at radius 1 is 1.05 bits per heavy atom. The molecule has 0 spiro atoms. The predicted molar refractivity (Wildman–Crippen MR) is 138 cm³/mol. The predicted octanol–water partition coefficient (Wildman–Crippen LogP) is 3.55. The maximum atomic E-state index is 13.2. The Bertz CT molecular complexity index is 1690. The minimum absolute atomic E-state index is 0.0176. The second-order valence-corrected chi connectivity index (χ2v) is 8.99. The number of amides is 1. The van der Waals surface area contributed by atoms with Crippen molar-refractivity contribution in [3.8, 4) is 17.3 Å². The van der Waals surface area contributed by atoms with Crippen LogP contribution in [0.25, 0.3) is 22.7 Å². The zero-order valence-electron chi connectivity index (χ0n) is 20.0. The summed E-state index contributed by atoms with van der Waals surface area (Å²) in [6, 6.07) is 22.2. The topological polar surface area (TPSA) is 127 Å². The molecule has 0 radical (unpaired) electrons. The molecule has 184 valence electrons. The number of fused-ring (bicyclic) bond motifs is 2. The third kappa shape index (κ3) is 3.72. The molecule has 9 heteroatoms. The van der Waals surface area contributed by atoms with Crippen molar-refractivity contribution in [2.75, 3.05) is 11.4 Å². The molecule has 1 aliphatic heterocycles. The fraction of sp³-hybridized carbons (Fsp3) is 0.143. The van der Waals surface area contributed by atoms with Gasteiger partial charge in [-0.25, -0.2) is 9.97 Å². The highest BCUT2D eigenvalue weighted by molar-refractivity contribution is 5.93. The van der Waals surface area contributed by atoms with E-state index in [-0.39, 0.29) is 17.6 Å². The van der Waals surface area contributed by atoms with Crippen molar-refractivity contribution in [1.29, 1.82) is 0 Å². The number of anilines is 1. The normalized spacial score (nSPS) is 15.1. The number of hydrogen-bond acceptors (Lipinski definition) is 7. The van der Waals surface area contributed by atoms with Crippen molar-refractivity contribution >= 4 is 23.0 Å². The number of para-hydroxylation sites is 2. The molecule has 5 aromatic rings. The van der Waals surface area contributed by atoms with Crippen LogP contribution < -0.4 is 16.2 Å². The van der Waals surface area contributed by atoms with Gasteiger partial charge < -0.3 is 20.2 Å². The van der Waals surface area contributed by atoms with Gasteiger partial charge in [-0.3, -0.25) is 14.2 Å². The number of aromatic hydroxyl groups is 1. The molecule has 3 heterocycles. The number of nitrogens with two attached hydrogens (primary N) is 1. The van der Waals surface area contributed by atoms with E-state index < -0.39 is 17.2 Å². The smallest absolute Gasteiger partial charge is 0.297 e. The zero-order valence-corrected chi connectivity index (χ0v) is 20.0. The maximum absolute atomic E-state index is 13.2. The van der Waals surface area contributed by atoms with Crippen LogP contribution >= 0.6 is 0 Å². The second kappa shape index (κ2) is 8.63. The first-order chi connectivity index (χ1) is 17.9. The van der Waals surface area contributed by atoms with Crippen molar-refractivity contribution in [1.82, 2.24) is 14.5 Å². The first-order valence-electron chi connectivity index (χ1n) is 11.8. The van der Waals surface area contributed by atoms with E-state index in [1.165, 1.54) is 4.57 Å². The van der Waals surface area contributed by atoms with Gasteiger partial charge in [0.05, 0.1) is 6.04 Å². The monoisotopic (exact) mass is 493 g/mol. The number of nitrogens with zero attached hydrogens (tertiary/aromatic N) is 4. The molecule has 1 atom stereocenters. The molecule has 3 aromatic carbocycles. The van der Waals surface area contributed by atoms with Crippen LogP contribution in [-0.4, -0.2) is 32.1 Å². The molecule has 0 fully saturated rings. The minimum atomic E-state index is -0.607. The number of rotatable bonds is 4. The van der Waals surface area contributed by atoms with Gasteiger partial charge in [-0.2, -0.15) is 0 Å². The molecule has 9 nitrogen and oxygen atoms in total. The van der Waals surface area contributed by atoms with Crippen molar-refractivity contribution < 1.29 is 14.3 Å². The van der Waals surface area contributed by atoms with Crippen molar-refractivity contribution in [2.24, 2.45) is 12.8 Å². The Morgan fingerprint density at radius 2 is 1.81 bits per heavy atom. The van der Waals surface area contributed by atoms with Crippen molar-refractivity contribution in [3.05, 3.63) is 105 Å². The zero-order chi connectivity index (χ0) is 25.7. The molecule has 0 aliphatic carbocycles. The third-order valence-electron chi connectivity index (χ3n) is 6.77. The standard InChI is InChI=1S/C28H23N5O4/c1-32-27(36)24(34)22(26-30-20-9-5-6-10-21(20)37-26)31-28(32)33-14-13-17-15-18(25(29)35)11-12-19(17)23(33)16-7-3-2-4-8-16/h2-12,15,23,34H,13-14H2,1H3,(H2,29,35)/t23-/m0/s1. The molecule has 6 rings (SSSR count). The summed E-state index contributed by atoms with van der Waals surface area (Å²) in [4.78, 5) is 36.2. The van der Waals surface area contributed by atoms with E-state index in [9.17, 15) is 14.7 Å². The van der Waals surface area contributed by atoms with Gasteiger partial charge in [-0.05, 0) is 47.4 Å². The van der Waals surface area contributed by atoms with Crippen LogP contribution in [0.3, 0.4) is 0 Å². The molecule has 2 aromatic heterocycles. The molecular weight excluding hydrogens is 470 g/mol. The fourth-order valence-corrected chi connectivity index (χ4v) is 4.95. The van der Waals surface area contributed by atoms with E-state index in [4.69, 9.17) is 15.1 Å². The molecule has 3 N–H and O–H groups in total. The Morgan fingerprint density at radius 3 is 2.57 bits per heavy atom. The van der Waals surface area contributed by atoms with E-state index in [1.807, 2.05) is 59.5 Å². The highest BCUT2D eigenvalue weighted by Gasteiger charge is 2.33. The van der Waals surface area contributed by atoms with Crippen LogP contribution in [0.4, 0.5) is 5.95 Å². The van der Waals surface area contributed by atoms with Crippen molar-refractivity contribution in [2.45, 2.75) is 12.5 Å². The number of oxazole rings is 1. The average Bonchev–Trinajstić information content (AvgIpc) is 3.35. The van der Waals surface area contributed by atoms with Gasteiger partial charge >= 0.3 is 0 Å². The Labute approximate surface area is 211 Å². The lowest BCUT2D eigenvalue weighted by Gasteiger charge is -2.39. The van der Waals surface area contributed by atoms with Gasteiger partial charge in [-0.15, -0.1) is 0 Å². The average molecular weight is 494 g/mol. The summed E-state index contributed by atoms with van der Waals surface area (Å²) in [6.07, 6.45) is 0.606. The van der Waals surface area contributed by atoms with E-state index >= 15 is 0 Å². The molecule has 37 heavy (non-hydrogen) atoms. The molecule has 0 unspecified atom stereocenters. The Balaban J connectivity index is 1.54. The summed E-state index contributed by atoms with van der Waals surface area (Å²) in [7, 11) is 1.58. The number of carbonyl (C=O) groups excluding carboxylic acids is 1.